The molecule has 0 bridgehead atoms. The van der Waals surface area contributed by atoms with E-state index in [0.717, 1.165) is 38.9 Å². The van der Waals surface area contributed by atoms with Crippen LogP contribution in [0.5, 0.6) is 0 Å². The summed E-state index contributed by atoms with van der Waals surface area (Å²) in [5.41, 5.74) is 5.41. The number of aliphatic hydroxyl groups is 1. The monoisotopic (exact) mass is 337 g/mol. The molecule has 0 spiro atoms. The summed E-state index contributed by atoms with van der Waals surface area (Å²) >= 11 is 0. The summed E-state index contributed by atoms with van der Waals surface area (Å²) in [4.78, 5) is 11.7. The summed E-state index contributed by atoms with van der Waals surface area (Å²) < 4.78 is 0. The van der Waals surface area contributed by atoms with Crippen LogP contribution in [0.15, 0.2) is 24.3 Å². The fourth-order valence-electron chi connectivity index (χ4n) is 2.37. The van der Waals surface area contributed by atoms with E-state index in [2.05, 4.69) is 10.6 Å². The Balaban J connectivity index is 0.00000254. The molecule has 1 unspecified atom stereocenters. The van der Waals surface area contributed by atoms with Crippen molar-refractivity contribution in [3.05, 3.63) is 35.4 Å². The van der Waals surface area contributed by atoms with Crippen LogP contribution in [0.25, 0.3) is 0 Å². The first-order valence-corrected chi connectivity index (χ1v) is 8.97. The van der Waals surface area contributed by atoms with Crippen LogP contribution in [-0.4, -0.2) is 37.1 Å². The standard InChI is InChI=1S/C17H29N3O2.C2H6/c1-14(21)15-8-3-4-9-16(15)17(2,22)20-13-7-12-19-11-6-5-10-18;1-2/h3-4,8-9,19-20,22H,5-7,10-13,18H2,1-2H3;1-2H3. The van der Waals surface area contributed by atoms with Gasteiger partial charge in [0.2, 0.25) is 0 Å². The van der Waals surface area contributed by atoms with E-state index in [4.69, 9.17) is 5.73 Å². The molecule has 0 aliphatic rings. The number of ketones is 1. The smallest absolute Gasteiger partial charge is 0.160 e. The molecule has 138 valence electrons. The van der Waals surface area contributed by atoms with Crippen LogP contribution in [0, 0.1) is 0 Å². The number of unbranched alkanes of at least 4 members (excludes halogenated alkanes) is 1. The Bertz CT molecular complexity index is 462. The number of hydrogen-bond acceptors (Lipinski definition) is 5. The molecule has 1 atom stereocenters. The second-order valence-corrected chi connectivity index (χ2v) is 5.70. The van der Waals surface area contributed by atoms with Gasteiger partial charge >= 0.3 is 0 Å². The van der Waals surface area contributed by atoms with Gasteiger partial charge in [-0.2, -0.15) is 0 Å². The van der Waals surface area contributed by atoms with E-state index < -0.39 is 5.72 Å². The van der Waals surface area contributed by atoms with Crippen LogP contribution in [0.1, 0.15) is 62.9 Å². The van der Waals surface area contributed by atoms with Crippen molar-refractivity contribution >= 4 is 5.78 Å². The number of nitrogens with one attached hydrogen (secondary N) is 2. The van der Waals surface area contributed by atoms with Crippen LogP contribution in [-0.2, 0) is 5.72 Å². The molecule has 1 aromatic rings. The molecule has 0 radical (unpaired) electrons. The number of hydrogen-bond donors (Lipinski definition) is 4. The first-order chi connectivity index (χ1) is 11.5. The quantitative estimate of drug-likeness (QED) is 0.283. The van der Waals surface area contributed by atoms with E-state index in [1.807, 2.05) is 26.0 Å². The Morgan fingerprint density at radius 1 is 1.12 bits per heavy atom. The van der Waals surface area contributed by atoms with Crippen molar-refractivity contribution in [2.75, 3.05) is 26.2 Å². The molecule has 0 fully saturated rings. The Labute approximate surface area is 147 Å². The molecule has 24 heavy (non-hydrogen) atoms. The lowest BCUT2D eigenvalue weighted by Gasteiger charge is -2.27. The molecular formula is C19H35N3O2. The van der Waals surface area contributed by atoms with Crippen LogP contribution < -0.4 is 16.4 Å². The average molecular weight is 338 g/mol. The molecule has 5 nitrogen and oxygen atoms in total. The Hall–Kier alpha value is -1.27. The van der Waals surface area contributed by atoms with Crippen molar-refractivity contribution < 1.29 is 9.90 Å². The van der Waals surface area contributed by atoms with Crippen molar-refractivity contribution in [3.63, 3.8) is 0 Å². The molecule has 1 aromatic carbocycles. The van der Waals surface area contributed by atoms with E-state index in [9.17, 15) is 9.90 Å². The van der Waals surface area contributed by atoms with E-state index in [1.54, 1.807) is 19.1 Å². The van der Waals surface area contributed by atoms with E-state index in [1.165, 1.54) is 6.92 Å². The first-order valence-electron chi connectivity index (χ1n) is 8.97. The molecule has 5 heteroatoms. The van der Waals surface area contributed by atoms with Crippen molar-refractivity contribution in [2.24, 2.45) is 5.73 Å². The van der Waals surface area contributed by atoms with Gasteiger partial charge in [-0.25, -0.2) is 0 Å². The lowest BCUT2D eigenvalue weighted by Crippen LogP contribution is -2.41. The summed E-state index contributed by atoms with van der Waals surface area (Å²) in [5.74, 6) is -0.0424. The second kappa shape index (κ2) is 13.1. The zero-order valence-corrected chi connectivity index (χ0v) is 15.7. The molecule has 5 N–H and O–H groups in total. The number of carbonyl (C=O) groups is 1. The SMILES string of the molecule is CC.CC(=O)c1ccccc1C(C)(O)NCCCNCCCCN. The second-order valence-electron chi connectivity index (χ2n) is 5.70. The maximum atomic E-state index is 11.7. The van der Waals surface area contributed by atoms with Crippen LogP contribution in [0.3, 0.4) is 0 Å². The molecule has 0 aliphatic heterocycles. The highest BCUT2D eigenvalue weighted by atomic mass is 16.3. The molecule has 0 saturated carbocycles. The van der Waals surface area contributed by atoms with Gasteiger partial charge in [0.25, 0.3) is 0 Å². The van der Waals surface area contributed by atoms with Gasteiger partial charge in [-0.15, -0.1) is 0 Å². The molecule has 0 heterocycles. The summed E-state index contributed by atoms with van der Waals surface area (Å²) in [6.45, 7) is 10.5. The lowest BCUT2D eigenvalue weighted by molar-refractivity contribution is 0.0191. The van der Waals surface area contributed by atoms with Crippen molar-refractivity contribution in [1.82, 2.24) is 10.6 Å². The highest BCUT2D eigenvalue weighted by molar-refractivity contribution is 5.95. The Morgan fingerprint density at radius 3 is 2.38 bits per heavy atom. The van der Waals surface area contributed by atoms with E-state index in [-0.39, 0.29) is 5.78 Å². The normalized spacial score (nSPS) is 12.9. The highest BCUT2D eigenvalue weighted by Crippen LogP contribution is 2.22. The first kappa shape index (κ1) is 22.7. The minimum absolute atomic E-state index is 0.0424. The fourth-order valence-corrected chi connectivity index (χ4v) is 2.37. The number of carbonyl (C=O) groups excluding carboxylic acids is 1. The zero-order valence-electron chi connectivity index (χ0n) is 15.7. The average Bonchev–Trinajstić information content (AvgIpc) is 2.59. The summed E-state index contributed by atoms with van der Waals surface area (Å²) in [7, 11) is 0. The van der Waals surface area contributed by atoms with Gasteiger partial charge in [0.15, 0.2) is 5.78 Å². The summed E-state index contributed by atoms with van der Waals surface area (Å²) in [6.07, 6.45) is 3.04. The van der Waals surface area contributed by atoms with Crippen molar-refractivity contribution in [2.45, 2.75) is 52.7 Å². The zero-order chi connectivity index (χ0) is 18.4. The fraction of sp³-hybridized carbons (Fsp3) is 0.632. The molecule has 0 aromatic heterocycles. The molecule has 1 rings (SSSR count). The van der Waals surface area contributed by atoms with Gasteiger partial charge < -0.3 is 16.2 Å². The van der Waals surface area contributed by atoms with Gasteiger partial charge in [0.05, 0.1) is 0 Å². The molecule has 0 aliphatic carbocycles. The van der Waals surface area contributed by atoms with Crippen molar-refractivity contribution in [3.8, 4) is 0 Å². The minimum Gasteiger partial charge on any atom is -0.372 e. The van der Waals surface area contributed by atoms with Gasteiger partial charge in [-0.05, 0) is 59.3 Å². The highest BCUT2D eigenvalue weighted by Gasteiger charge is 2.25. The minimum atomic E-state index is -1.21. The third-order valence-corrected chi connectivity index (χ3v) is 3.64. The van der Waals surface area contributed by atoms with Gasteiger partial charge in [0.1, 0.15) is 5.72 Å². The molecule has 0 amide bonds. The maximum absolute atomic E-state index is 11.7. The summed E-state index contributed by atoms with van der Waals surface area (Å²) in [5, 5.41) is 17.1. The van der Waals surface area contributed by atoms with E-state index >= 15 is 0 Å². The van der Waals surface area contributed by atoms with Crippen molar-refractivity contribution in [1.29, 1.82) is 0 Å². The molecule has 0 saturated heterocycles. The van der Waals surface area contributed by atoms with Gasteiger partial charge in [0, 0.05) is 11.1 Å². The van der Waals surface area contributed by atoms with Gasteiger partial charge in [-0.1, -0.05) is 38.1 Å². The maximum Gasteiger partial charge on any atom is 0.160 e. The number of Topliss-reactive ketones (excluding diaryl/α,β-unsaturated/α-hetero) is 1. The van der Waals surface area contributed by atoms with Crippen LogP contribution in [0.4, 0.5) is 0 Å². The number of nitrogens with two attached hydrogens (primary N) is 1. The predicted molar refractivity (Wildman–Crippen MR) is 101 cm³/mol. The summed E-state index contributed by atoms with van der Waals surface area (Å²) in [6, 6.07) is 7.17. The number of benzene rings is 1. The molecular weight excluding hydrogens is 302 g/mol. The van der Waals surface area contributed by atoms with Gasteiger partial charge in [-0.3, -0.25) is 10.1 Å². The largest absolute Gasteiger partial charge is 0.372 e. The van der Waals surface area contributed by atoms with Crippen LogP contribution in [0.2, 0.25) is 0 Å². The number of rotatable bonds is 11. The topological polar surface area (TPSA) is 87.4 Å². The van der Waals surface area contributed by atoms with Crippen LogP contribution >= 0.6 is 0 Å². The third-order valence-electron chi connectivity index (χ3n) is 3.64. The third kappa shape index (κ3) is 8.55. The Morgan fingerprint density at radius 2 is 1.75 bits per heavy atom. The predicted octanol–water partition coefficient (Wildman–Crippen LogP) is 2.39. The Kier molecular flexibility index (Phi) is 12.4. The van der Waals surface area contributed by atoms with E-state index in [0.29, 0.717) is 17.7 Å². The lowest BCUT2D eigenvalue weighted by atomic mass is 9.96.